The van der Waals surface area contributed by atoms with E-state index >= 15 is 0 Å². The summed E-state index contributed by atoms with van der Waals surface area (Å²) in [4.78, 5) is 27.5. The molecule has 0 aliphatic carbocycles. The molecule has 0 amide bonds. The number of alkyl halides is 3. The predicted octanol–water partition coefficient (Wildman–Crippen LogP) is 4.09. The van der Waals surface area contributed by atoms with Gasteiger partial charge in [-0.25, -0.2) is 9.97 Å². The van der Waals surface area contributed by atoms with Gasteiger partial charge in [0.25, 0.3) is 5.56 Å². The minimum Gasteiger partial charge on any atom is -0.364 e. The normalized spacial score (nSPS) is 11.4. The summed E-state index contributed by atoms with van der Waals surface area (Å²) in [7, 11) is 0. The Morgan fingerprint density at radius 1 is 1.03 bits per heavy atom. The van der Waals surface area contributed by atoms with Gasteiger partial charge in [-0.1, -0.05) is 12.1 Å². The molecule has 10 heteroatoms. The molecule has 3 heterocycles. The van der Waals surface area contributed by atoms with E-state index in [1.54, 1.807) is 18.3 Å². The van der Waals surface area contributed by atoms with Crippen LogP contribution in [0.25, 0.3) is 10.9 Å². The first-order valence-electron chi connectivity index (χ1n) is 8.87. The molecule has 0 saturated carbocycles. The molecule has 0 aliphatic heterocycles. The van der Waals surface area contributed by atoms with Gasteiger partial charge in [0, 0.05) is 18.0 Å². The molecule has 4 rings (SSSR count). The predicted molar refractivity (Wildman–Crippen MR) is 106 cm³/mol. The Bertz CT molecular complexity index is 1240. The molecule has 0 fully saturated rings. The van der Waals surface area contributed by atoms with Crippen molar-refractivity contribution in [2.45, 2.75) is 12.7 Å². The zero-order chi connectivity index (χ0) is 21.1. The fraction of sp³-hybridized carbons (Fsp3) is 0.100. The van der Waals surface area contributed by atoms with Gasteiger partial charge < -0.3 is 15.6 Å². The molecule has 152 valence electrons. The number of hydrogen-bond donors (Lipinski definition) is 3. The third kappa shape index (κ3) is 4.22. The Morgan fingerprint density at radius 2 is 1.90 bits per heavy atom. The standard InChI is InChI=1S/C20H15F3N6O/c21-20(22,23)12-4-3-6-13(8-12)28-18-17-15(26-11-27-19(17)30)9-16(29-18)25-10-14-5-1-2-7-24-14/h1-9,11H,10H2,(H2,25,28,29)(H,26,27,30). The number of H-pyrrole nitrogens is 1. The number of nitrogens with zero attached hydrogens (tertiary/aromatic N) is 3. The molecule has 0 radical (unpaired) electrons. The summed E-state index contributed by atoms with van der Waals surface area (Å²) in [6.45, 7) is 0.367. The highest BCUT2D eigenvalue weighted by Gasteiger charge is 2.30. The number of hydrogen-bond acceptors (Lipinski definition) is 6. The minimum atomic E-state index is -4.49. The number of nitrogens with one attached hydrogen (secondary N) is 3. The van der Waals surface area contributed by atoms with Crippen LogP contribution in [-0.4, -0.2) is 19.9 Å². The number of benzene rings is 1. The maximum Gasteiger partial charge on any atom is 0.416 e. The number of rotatable bonds is 5. The maximum absolute atomic E-state index is 13.0. The molecule has 7 nitrogen and oxygen atoms in total. The smallest absolute Gasteiger partial charge is 0.364 e. The monoisotopic (exact) mass is 412 g/mol. The van der Waals surface area contributed by atoms with Crippen LogP contribution in [-0.2, 0) is 12.7 Å². The average Bonchev–Trinajstić information content (AvgIpc) is 2.72. The second-order valence-electron chi connectivity index (χ2n) is 6.36. The summed E-state index contributed by atoms with van der Waals surface area (Å²) in [5.74, 6) is 0.477. The zero-order valence-corrected chi connectivity index (χ0v) is 15.4. The summed E-state index contributed by atoms with van der Waals surface area (Å²) in [5.41, 5.74) is -0.0207. The van der Waals surface area contributed by atoms with E-state index in [-0.39, 0.29) is 16.9 Å². The summed E-state index contributed by atoms with van der Waals surface area (Å²) in [6, 6.07) is 11.7. The topological polar surface area (TPSA) is 95.6 Å². The van der Waals surface area contributed by atoms with Crippen LogP contribution in [0.15, 0.2) is 65.8 Å². The lowest BCUT2D eigenvalue weighted by atomic mass is 10.2. The van der Waals surface area contributed by atoms with Crippen LogP contribution in [0.1, 0.15) is 11.3 Å². The molecule has 0 unspecified atom stereocenters. The Morgan fingerprint density at radius 3 is 2.67 bits per heavy atom. The molecular weight excluding hydrogens is 397 g/mol. The van der Waals surface area contributed by atoms with Crippen molar-refractivity contribution in [2.24, 2.45) is 0 Å². The van der Waals surface area contributed by atoms with E-state index in [0.29, 0.717) is 17.9 Å². The van der Waals surface area contributed by atoms with Crippen LogP contribution < -0.4 is 16.2 Å². The van der Waals surface area contributed by atoms with Crippen molar-refractivity contribution in [1.29, 1.82) is 0 Å². The van der Waals surface area contributed by atoms with Crippen LogP contribution in [0.3, 0.4) is 0 Å². The molecule has 0 atom stereocenters. The van der Waals surface area contributed by atoms with Crippen molar-refractivity contribution in [1.82, 2.24) is 19.9 Å². The van der Waals surface area contributed by atoms with E-state index in [9.17, 15) is 18.0 Å². The van der Waals surface area contributed by atoms with E-state index in [1.165, 1.54) is 18.5 Å². The van der Waals surface area contributed by atoms with Gasteiger partial charge in [0.15, 0.2) is 0 Å². The molecule has 30 heavy (non-hydrogen) atoms. The summed E-state index contributed by atoms with van der Waals surface area (Å²) >= 11 is 0. The van der Waals surface area contributed by atoms with Crippen LogP contribution in [0.4, 0.5) is 30.5 Å². The molecule has 0 spiro atoms. The van der Waals surface area contributed by atoms with Gasteiger partial charge in [-0.2, -0.15) is 13.2 Å². The zero-order valence-electron chi connectivity index (χ0n) is 15.4. The van der Waals surface area contributed by atoms with Crippen molar-refractivity contribution < 1.29 is 13.2 Å². The molecule has 1 aromatic carbocycles. The van der Waals surface area contributed by atoms with Crippen molar-refractivity contribution in [3.63, 3.8) is 0 Å². The van der Waals surface area contributed by atoms with Crippen molar-refractivity contribution in [3.8, 4) is 0 Å². The fourth-order valence-electron chi connectivity index (χ4n) is 2.86. The van der Waals surface area contributed by atoms with Gasteiger partial charge >= 0.3 is 6.18 Å². The molecule has 3 N–H and O–H groups in total. The largest absolute Gasteiger partial charge is 0.416 e. The molecule has 0 aliphatic rings. The molecular formula is C20H15F3N6O. The highest BCUT2D eigenvalue weighted by Crippen LogP contribution is 2.32. The maximum atomic E-state index is 13.0. The van der Waals surface area contributed by atoms with Crippen molar-refractivity contribution in [3.05, 3.63) is 82.7 Å². The first-order chi connectivity index (χ1) is 14.4. The number of aromatic amines is 1. The van der Waals surface area contributed by atoms with Crippen LogP contribution >= 0.6 is 0 Å². The Hall–Kier alpha value is -3.95. The van der Waals surface area contributed by atoms with Gasteiger partial charge in [0.2, 0.25) is 0 Å². The van der Waals surface area contributed by atoms with Gasteiger partial charge in [-0.15, -0.1) is 0 Å². The van der Waals surface area contributed by atoms with Crippen molar-refractivity contribution >= 4 is 28.2 Å². The van der Waals surface area contributed by atoms with Crippen molar-refractivity contribution in [2.75, 3.05) is 10.6 Å². The lowest BCUT2D eigenvalue weighted by Crippen LogP contribution is -2.12. The Labute approximate surface area is 168 Å². The molecule has 4 aromatic rings. The highest BCUT2D eigenvalue weighted by atomic mass is 19.4. The second kappa shape index (κ2) is 7.82. The SMILES string of the molecule is O=c1[nH]cnc2cc(NCc3ccccn3)nc(Nc3cccc(C(F)(F)F)c3)c12. The fourth-order valence-corrected chi connectivity index (χ4v) is 2.86. The van der Waals surface area contributed by atoms with E-state index in [1.807, 2.05) is 12.1 Å². The highest BCUT2D eigenvalue weighted by molar-refractivity contribution is 5.92. The third-order valence-corrected chi connectivity index (χ3v) is 4.25. The first-order valence-corrected chi connectivity index (χ1v) is 8.87. The summed E-state index contributed by atoms with van der Waals surface area (Å²) < 4.78 is 39.1. The second-order valence-corrected chi connectivity index (χ2v) is 6.36. The first kappa shape index (κ1) is 19.4. The van der Waals surface area contributed by atoms with Crippen LogP contribution in [0.5, 0.6) is 0 Å². The van der Waals surface area contributed by atoms with Crippen LogP contribution in [0, 0.1) is 0 Å². The van der Waals surface area contributed by atoms with Gasteiger partial charge in [0.1, 0.15) is 17.0 Å². The molecule has 0 saturated heterocycles. The van der Waals surface area contributed by atoms with Gasteiger partial charge in [0.05, 0.1) is 29.6 Å². The Kier molecular flexibility index (Phi) is 5.05. The van der Waals surface area contributed by atoms with Gasteiger partial charge in [-0.3, -0.25) is 9.78 Å². The number of anilines is 3. The molecule has 3 aromatic heterocycles. The third-order valence-electron chi connectivity index (χ3n) is 4.25. The quantitative estimate of drug-likeness (QED) is 0.457. The lowest BCUT2D eigenvalue weighted by Gasteiger charge is -2.13. The average molecular weight is 412 g/mol. The molecule has 0 bridgehead atoms. The van der Waals surface area contributed by atoms with E-state index in [4.69, 9.17) is 0 Å². The number of halogens is 3. The lowest BCUT2D eigenvalue weighted by molar-refractivity contribution is -0.137. The van der Waals surface area contributed by atoms with Crippen LogP contribution in [0.2, 0.25) is 0 Å². The Balaban J connectivity index is 1.71. The number of pyridine rings is 2. The summed E-state index contributed by atoms with van der Waals surface area (Å²) in [5, 5.41) is 6.04. The number of aromatic nitrogens is 4. The van der Waals surface area contributed by atoms with E-state index in [2.05, 4.69) is 30.6 Å². The van der Waals surface area contributed by atoms with Gasteiger partial charge in [-0.05, 0) is 30.3 Å². The van der Waals surface area contributed by atoms with E-state index in [0.717, 1.165) is 17.8 Å². The minimum absolute atomic E-state index is 0.0877. The number of fused-ring (bicyclic) bond motifs is 1. The van der Waals surface area contributed by atoms with E-state index < -0.39 is 17.3 Å². The summed E-state index contributed by atoms with van der Waals surface area (Å²) in [6.07, 6.45) is -1.58.